The fourth-order valence-electron chi connectivity index (χ4n) is 1.60. The van der Waals surface area contributed by atoms with Gasteiger partial charge in [-0.05, 0) is 43.6 Å². The van der Waals surface area contributed by atoms with Crippen LogP contribution in [0.4, 0.5) is 0 Å². The van der Waals surface area contributed by atoms with E-state index in [4.69, 9.17) is 0 Å². The molecule has 0 aliphatic heterocycles. The van der Waals surface area contributed by atoms with E-state index in [1.165, 1.54) is 22.0 Å². The van der Waals surface area contributed by atoms with Gasteiger partial charge >= 0.3 is 0 Å². The van der Waals surface area contributed by atoms with Gasteiger partial charge in [-0.1, -0.05) is 41.9 Å². The number of hydrogen-bond donors (Lipinski definition) is 0. The summed E-state index contributed by atoms with van der Waals surface area (Å²) >= 11 is 3.60. The van der Waals surface area contributed by atoms with Crippen LogP contribution in [0.3, 0.4) is 0 Å². The van der Waals surface area contributed by atoms with E-state index in [2.05, 4.69) is 67.0 Å². The molecule has 0 fully saturated rings. The first-order chi connectivity index (χ1) is 7.04. The van der Waals surface area contributed by atoms with Crippen LogP contribution in [0.15, 0.2) is 22.7 Å². The predicted molar refractivity (Wildman–Crippen MR) is 70.2 cm³/mol. The van der Waals surface area contributed by atoms with Crippen LogP contribution in [0.5, 0.6) is 0 Å². The van der Waals surface area contributed by atoms with Crippen molar-refractivity contribution in [3.8, 4) is 0 Å². The minimum Gasteiger partial charge on any atom is -0.305 e. The first-order valence-corrected chi connectivity index (χ1v) is 6.27. The molecule has 1 nitrogen and oxygen atoms in total. The molecule has 1 aromatic carbocycles. The summed E-state index contributed by atoms with van der Waals surface area (Å²) in [5.74, 6) is 0.652. The normalized spacial score (nSPS) is 13.2. The van der Waals surface area contributed by atoms with Gasteiger partial charge < -0.3 is 4.90 Å². The van der Waals surface area contributed by atoms with E-state index in [0.717, 1.165) is 6.54 Å². The van der Waals surface area contributed by atoms with Crippen molar-refractivity contribution in [1.29, 1.82) is 0 Å². The van der Waals surface area contributed by atoms with Gasteiger partial charge in [0.25, 0.3) is 0 Å². The molecule has 0 spiro atoms. The van der Waals surface area contributed by atoms with Gasteiger partial charge in [0.15, 0.2) is 0 Å². The van der Waals surface area contributed by atoms with Crippen LogP contribution in [0.2, 0.25) is 0 Å². The van der Waals surface area contributed by atoms with Crippen molar-refractivity contribution in [2.75, 3.05) is 14.1 Å². The largest absolute Gasteiger partial charge is 0.305 e. The molecule has 84 valence electrons. The highest BCUT2D eigenvalue weighted by Gasteiger charge is 2.07. The van der Waals surface area contributed by atoms with Crippen molar-refractivity contribution in [3.05, 3.63) is 33.8 Å². The van der Waals surface area contributed by atoms with Gasteiger partial charge in [-0.25, -0.2) is 0 Å². The number of benzene rings is 1. The number of hydrogen-bond acceptors (Lipinski definition) is 1. The van der Waals surface area contributed by atoms with E-state index < -0.39 is 0 Å². The van der Waals surface area contributed by atoms with Gasteiger partial charge in [0.05, 0.1) is 0 Å². The van der Waals surface area contributed by atoms with E-state index in [9.17, 15) is 0 Å². The maximum Gasteiger partial charge on any atom is 0.0238 e. The Hall–Kier alpha value is -0.340. The van der Waals surface area contributed by atoms with Crippen LogP contribution in [-0.2, 0) is 6.54 Å². The molecule has 0 saturated heterocycles. The Balaban J connectivity index is 2.94. The van der Waals surface area contributed by atoms with E-state index in [1.54, 1.807) is 0 Å². The molecule has 0 radical (unpaired) electrons. The van der Waals surface area contributed by atoms with Crippen LogP contribution in [0, 0.1) is 0 Å². The Kier molecular flexibility index (Phi) is 4.81. The highest BCUT2D eigenvalue weighted by molar-refractivity contribution is 9.10. The fourth-order valence-corrected chi connectivity index (χ4v) is 1.97. The predicted octanol–water partition coefficient (Wildman–Crippen LogP) is 4.02. The van der Waals surface area contributed by atoms with Gasteiger partial charge in [-0.15, -0.1) is 0 Å². The summed E-state index contributed by atoms with van der Waals surface area (Å²) < 4.78 is 1.21. The summed E-state index contributed by atoms with van der Waals surface area (Å²) in [6.45, 7) is 5.51. The SMILES string of the molecule is CCC(C)c1ccc(Br)c(CN(C)C)c1. The van der Waals surface area contributed by atoms with Crippen LogP contribution < -0.4 is 0 Å². The average Bonchev–Trinajstić information content (AvgIpc) is 2.19. The molecule has 0 heterocycles. The highest BCUT2D eigenvalue weighted by atomic mass is 79.9. The minimum absolute atomic E-state index is 0.652. The van der Waals surface area contributed by atoms with Gasteiger partial charge in [0, 0.05) is 11.0 Å². The van der Waals surface area contributed by atoms with Crippen molar-refractivity contribution in [1.82, 2.24) is 4.90 Å². The second-order valence-electron chi connectivity index (χ2n) is 4.40. The van der Waals surface area contributed by atoms with Gasteiger partial charge in [-0.2, -0.15) is 0 Å². The zero-order chi connectivity index (χ0) is 11.4. The Morgan fingerprint density at radius 3 is 2.53 bits per heavy atom. The summed E-state index contributed by atoms with van der Waals surface area (Å²) in [5, 5.41) is 0. The first-order valence-electron chi connectivity index (χ1n) is 5.47. The highest BCUT2D eigenvalue weighted by Crippen LogP contribution is 2.25. The summed E-state index contributed by atoms with van der Waals surface area (Å²) in [6.07, 6.45) is 1.20. The first kappa shape index (κ1) is 12.7. The van der Waals surface area contributed by atoms with Crippen molar-refractivity contribution < 1.29 is 0 Å². The third-order valence-electron chi connectivity index (χ3n) is 2.74. The molecule has 1 unspecified atom stereocenters. The van der Waals surface area contributed by atoms with Crippen molar-refractivity contribution in [3.63, 3.8) is 0 Å². The summed E-state index contributed by atoms with van der Waals surface area (Å²) in [4.78, 5) is 2.19. The monoisotopic (exact) mass is 269 g/mol. The van der Waals surface area contributed by atoms with E-state index >= 15 is 0 Å². The smallest absolute Gasteiger partial charge is 0.0238 e. The van der Waals surface area contributed by atoms with Gasteiger partial charge in [-0.3, -0.25) is 0 Å². The van der Waals surface area contributed by atoms with Crippen LogP contribution in [0.1, 0.15) is 37.3 Å². The lowest BCUT2D eigenvalue weighted by molar-refractivity contribution is 0.401. The topological polar surface area (TPSA) is 3.24 Å². The lowest BCUT2D eigenvalue weighted by Crippen LogP contribution is -2.11. The quantitative estimate of drug-likeness (QED) is 0.798. The molecule has 0 bridgehead atoms. The molecule has 0 N–H and O–H groups in total. The molecule has 1 rings (SSSR count). The van der Waals surface area contributed by atoms with Crippen molar-refractivity contribution >= 4 is 15.9 Å². The molecule has 0 aromatic heterocycles. The summed E-state index contributed by atoms with van der Waals surface area (Å²) in [7, 11) is 4.20. The number of nitrogens with zero attached hydrogens (tertiary/aromatic N) is 1. The Morgan fingerprint density at radius 1 is 1.33 bits per heavy atom. The molecule has 1 atom stereocenters. The third-order valence-corrected chi connectivity index (χ3v) is 3.51. The van der Waals surface area contributed by atoms with Crippen LogP contribution in [-0.4, -0.2) is 19.0 Å². The molecular weight excluding hydrogens is 250 g/mol. The van der Waals surface area contributed by atoms with Crippen molar-refractivity contribution in [2.24, 2.45) is 0 Å². The number of rotatable bonds is 4. The van der Waals surface area contributed by atoms with Gasteiger partial charge in [0.2, 0.25) is 0 Å². The molecular formula is C13H20BrN. The maximum atomic E-state index is 3.60. The Labute approximate surface area is 102 Å². The van der Waals surface area contributed by atoms with E-state index in [0.29, 0.717) is 5.92 Å². The van der Waals surface area contributed by atoms with Crippen molar-refractivity contribution in [2.45, 2.75) is 32.7 Å². The number of halogens is 1. The van der Waals surface area contributed by atoms with Gasteiger partial charge in [0.1, 0.15) is 0 Å². The molecule has 0 saturated carbocycles. The second kappa shape index (κ2) is 5.66. The fraction of sp³-hybridized carbons (Fsp3) is 0.538. The molecule has 2 heteroatoms. The Bertz CT molecular complexity index is 320. The minimum atomic E-state index is 0.652. The summed E-state index contributed by atoms with van der Waals surface area (Å²) in [5.41, 5.74) is 2.82. The molecule has 1 aromatic rings. The van der Waals surface area contributed by atoms with Crippen LogP contribution in [0.25, 0.3) is 0 Å². The maximum absolute atomic E-state index is 3.60. The lowest BCUT2D eigenvalue weighted by atomic mass is 9.97. The summed E-state index contributed by atoms with van der Waals surface area (Å²) in [6, 6.07) is 6.70. The molecule has 15 heavy (non-hydrogen) atoms. The molecule has 0 amide bonds. The third kappa shape index (κ3) is 3.62. The zero-order valence-corrected chi connectivity index (χ0v) is 11.6. The van der Waals surface area contributed by atoms with Crippen LogP contribution >= 0.6 is 15.9 Å². The lowest BCUT2D eigenvalue weighted by Gasteiger charge is -2.15. The molecule has 0 aliphatic carbocycles. The Morgan fingerprint density at radius 2 is 2.00 bits per heavy atom. The van der Waals surface area contributed by atoms with E-state index in [-0.39, 0.29) is 0 Å². The average molecular weight is 270 g/mol. The standard InChI is InChI=1S/C13H20BrN/c1-5-10(2)11-6-7-13(14)12(8-11)9-15(3)4/h6-8,10H,5,9H2,1-4H3. The second-order valence-corrected chi connectivity index (χ2v) is 5.25. The zero-order valence-electron chi connectivity index (χ0n) is 10.0. The molecule has 0 aliphatic rings. The van der Waals surface area contributed by atoms with E-state index in [1.807, 2.05) is 0 Å².